The molecule has 1 aliphatic heterocycles. The fourth-order valence-electron chi connectivity index (χ4n) is 3.14. The van der Waals surface area contributed by atoms with Gasteiger partial charge in [-0.2, -0.15) is 4.98 Å². The zero-order chi connectivity index (χ0) is 17.9. The molecule has 1 aromatic heterocycles. The number of fused-ring (bicyclic) bond motifs is 1. The Labute approximate surface area is 153 Å². The number of nitrogens with zero attached hydrogens (tertiary/aromatic N) is 4. The van der Waals surface area contributed by atoms with E-state index in [2.05, 4.69) is 11.0 Å². The molecule has 26 heavy (non-hydrogen) atoms. The molecule has 1 fully saturated rings. The van der Waals surface area contributed by atoms with Crippen molar-refractivity contribution in [2.45, 2.75) is 0 Å². The van der Waals surface area contributed by atoms with Crippen LogP contribution in [0.4, 0.5) is 17.5 Å². The molecule has 0 unspecified atom stereocenters. The molecule has 134 valence electrons. The predicted octanol–water partition coefficient (Wildman–Crippen LogP) is 3.24. The maximum Gasteiger partial charge on any atom is 0.232 e. The lowest BCUT2D eigenvalue weighted by Crippen LogP contribution is -2.37. The molecular formula is C20H22N4O2. The number of methoxy groups -OCH3 is 1. The van der Waals surface area contributed by atoms with E-state index in [1.807, 2.05) is 54.4 Å². The van der Waals surface area contributed by atoms with Crippen LogP contribution in [-0.2, 0) is 4.74 Å². The second kappa shape index (κ2) is 7.17. The van der Waals surface area contributed by atoms with Crippen LogP contribution in [0.3, 0.4) is 0 Å². The summed E-state index contributed by atoms with van der Waals surface area (Å²) in [6.07, 6.45) is 0. The highest BCUT2D eigenvalue weighted by Gasteiger charge is 2.19. The molecule has 2 aromatic carbocycles. The molecule has 0 bridgehead atoms. The van der Waals surface area contributed by atoms with Gasteiger partial charge in [-0.15, -0.1) is 0 Å². The van der Waals surface area contributed by atoms with Crippen LogP contribution in [-0.4, -0.2) is 50.4 Å². The Balaban J connectivity index is 1.76. The SMILES string of the molecule is COc1ccc(N(C)c2nc(N3CCOCC3)c3ccccc3n2)cc1. The highest BCUT2D eigenvalue weighted by molar-refractivity contribution is 5.91. The second-order valence-corrected chi connectivity index (χ2v) is 6.22. The van der Waals surface area contributed by atoms with E-state index in [0.717, 1.165) is 54.5 Å². The normalized spacial score (nSPS) is 14.5. The Kier molecular flexibility index (Phi) is 4.58. The first-order valence-electron chi connectivity index (χ1n) is 8.73. The average molecular weight is 350 g/mol. The molecule has 1 aliphatic rings. The molecule has 0 radical (unpaired) electrons. The van der Waals surface area contributed by atoms with Gasteiger partial charge in [-0.3, -0.25) is 0 Å². The Hall–Kier alpha value is -2.86. The third-order valence-electron chi connectivity index (χ3n) is 4.64. The smallest absolute Gasteiger partial charge is 0.232 e. The van der Waals surface area contributed by atoms with Crippen molar-refractivity contribution < 1.29 is 9.47 Å². The standard InChI is InChI=1S/C20H22N4O2/c1-23(15-7-9-16(25-2)10-8-15)20-21-18-6-4-3-5-17(18)19(22-20)24-11-13-26-14-12-24/h3-10H,11-14H2,1-2H3. The van der Waals surface area contributed by atoms with E-state index in [4.69, 9.17) is 19.4 Å². The maximum atomic E-state index is 5.49. The molecule has 6 nitrogen and oxygen atoms in total. The first-order chi connectivity index (χ1) is 12.8. The van der Waals surface area contributed by atoms with Crippen LogP contribution in [0.15, 0.2) is 48.5 Å². The molecule has 0 N–H and O–H groups in total. The third kappa shape index (κ3) is 3.15. The number of morpholine rings is 1. The van der Waals surface area contributed by atoms with Gasteiger partial charge >= 0.3 is 0 Å². The summed E-state index contributed by atoms with van der Waals surface area (Å²) in [5, 5.41) is 1.07. The van der Waals surface area contributed by atoms with E-state index in [1.165, 1.54) is 0 Å². The van der Waals surface area contributed by atoms with Gasteiger partial charge in [0.15, 0.2) is 0 Å². The minimum Gasteiger partial charge on any atom is -0.497 e. The zero-order valence-electron chi connectivity index (χ0n) is 15.1. The van der Waals surface area contributed by atoms with Crippen LogP contribution >= 0.6 is 0 Å². The second-order valence-electron chi connectivity index (χ2n) is 6.22. The maximum absolute atomic E-state index is 5.49. The van der Waals surface area contributed by atoms with Crippen LogP contribution in [0.25, 0.3) is 10.9 Å². The van der Waals surface area contributed by atoms with Crippen LogP contribution in [0.5, 0.6) is 5.75 Å². The summed E-state index contributed by atoms with van der Waals surface area (Å²) in [5.74, 6) is 2.47. The van der Waals surface area contributed by atoms with E-state index < -0.39 is 0 Å². The van der Waals surface area contributed by atoms with Crippen molar-refractivity contribution in [3.63, 3.8) is 0 Å². The molecule has 3 aromatic rings. The van der Waals surface area contributed by atoms with Gasteiger partial charge in [0.05, 0.1) is 25.8 Å². The van der Waals surface area contributed by atoms with Crippen LogP contribution in [0.1, 0.15) is 0 Å². The third-order valence-corrected chi connectivity index (χ3v) is 4.64. The van der Waals surface area contributed by atoms with Gasteiger partial charge in [-0.1, -0.05) is 12.1 Å². The summed E-state index contributed by atoms with van der Waals surface area (Å²) in [7, 11) is 3.65. The number of benzene rings is 2. The van der Waals surface area contributed by atoms with E-state index in [9.17, 15) is 0 Å². The minimum absolute atomic E-state index is 0.676. The number of ether oxygens (including phenoxy) is 2. The van der Waals surface area contributed by atoms with E-state index in [0.29, 0.717) is 5.95 Å². The first kappa shape index (κ1) is 16.6. The largest absolute Gasteiger partial charge is 0.497 e. The zero-order valence-corrected chi connectivity index (χ0v) is 15.1. The average Bonchev–Trinajstić information content (AvgIpc) is 2.73. The number of aromatic nitrogens is 2. The van der Waals surface area contributed by atoms with Crippen molar-refractivity contribution in [1.29, 1.82) is 0 Å². The number of para-hydroxylation sites is 1. The molecule has 0 amide bonds. The van der Waals surface area contributed by atoms with Crippen molar-refractivity contribution in [1.82, 2.24) is 9.97 Å². The fourth-order valence-corrected chi connectivity index (χ4v) is 3.14. The molecule has 0 spiro atoms. The van der Waals surface area contributed by atoms with Crippen molar-refractivity contribution >= 4 is 28.4 Å². The van der Waals surface area contributed by atoms with Gasteiger partial charge in [-0.25, -0.2) is 4.98 Å². The Bertz CT molecular complexity index is 892. The number of rotatable bonds is 4. The van der Waals surface area contributed by atoms with Gasteiger partial charge in [0.2, 0.25) is 5.95 Å². The summed E-state index contributed by atoms with van der Waals surface area (Å²) in [4.78, 5) is 13.9. The number of hydrogen-bond acceptors (Lipinski definition) is 6. The van der Waals surface area contributed by atoms with Gasteiger partial charge in [0.1, 0.15) is 11.6 Å². The summed E-state index contributed by atoms with van der Waals surface area (Å²) in [6, 6.07) is 16.0. The molecule has 0 atom stereocenters. The van der Waals surface area contributed by atoms with Crippen molar-refractivity contribution in [3.8, 4) is 5.75 Å². The van der Waals surface area contributed by atoms with Crippen LogP contribution in [0, 0.1) is 0 Å². The van der Waals surface area contributed by atoms with Crippen molar-refractivity contribution in [2.75, 3.05) is 50.3 Å². The summed E-state index contributed by atoms with van der Waals surface area (Å²) >= 11 is 0. The van der Waals surface area contributed by atoms with Crippen LogP contribution in [0.2, 0.25) is 0 Å². The van der Waals surface area contributed by atoms with Crippen molar-refractivity contribution in [2.24, 2.45) is 0 Å². The molecular weight excluding hydrogens is 328 g/mol. The van der Waals surface area contributed by atoms with E-state index >= 15 is 0 Å². The lowest BCUT2D eigenvalue weighted by molar-refractivity contribution is 0.122. The Morgan fingerprint density at radius 2 is 1.73 bits per heavy atom. The summed E-state index contributed by atoms with van der Waals surface area (Å²) in [6.45, 7) is 3.13. The molecule has 6 heteroatoms. The first-order valence-corrected chi connectivity index (χ1v) is 8.73. The summed E-state index contributed by atoms with van der Waals surface area (Å²) in [5.41, 5.74) is 1.95. The topological polar surface area (TPSA) is 50.7 Å². The Morgan fingerprint density at radius 1 is 1.00 bits per heavy atom. The highest BCUT2D eigenvalue weighted by atomic mass is 16.5. The van der Waals surface area contributed by atoms with E-state index in [1.54, 1.807) is 7.11 Å². The molecule has 1 saturated heterocycles. The molecule has 0 aliphatic carbocycles. The predicted molar refractivity (Wildman–Crippen MR) is 104 cm³/mol. The van der Waals surface area contributed by atoms with Gasteiger partial charge in [0, 0.05) is 31.2 Å². The lowest BCUT2D eigenvalue weighted by Gasteiger charge is -2.29. The van der Waals surface area contributed by atoms with Gasteiger partial charge < -0.3 is 19.3 Å². The quantitative estimate of drug-likeness (QED) is 0.720. The lowest BCUT2D eigenvalue weighted by atomic mass is 10.2. The molecule has 2 heterocycles. The summed E-state index contributed by atoms with van der Waals surface area (Å²) < 4.78 is 10.7. The fraction of sp³-hybridized carbons (Fsp3) is 0.300. The highest BCUT2D eigenvalue weighted by Crippen LogP contribution is 2.30. The van der Waals surface area contributed by atoms with Gasteiger partial charge in [0.25, 0.3) is 0 Å². The monoisotopic (exact) mass is 350 g/mol. The minimum atomic E-state index is 0.676. The molecule has 4 rings (SSSR count). The van der Waals surface area contributed by atoms with Gasteiger partial charge in [-0.05, 0) is 36.4 Å². The molecule has 0 saturated carbocycles. The Morgan fingerprint density at radius 3 is 2.46 bits per heavy atom. The van der Waals surface area contributed by atoms with E-state index in [-0.39, 0.29) is 0 Å². The van der Waals surface area contributed by atoms with Crippen molar-refractivity contribution in [3.05, 3.63) is 48.5 Å². The number of anilines is 3. The van der Waals surface area contributed by atoms with Crippen LogP contribution < -0.4 is 14.5 Å². The number of hydrogen-bond donors (Lipinski definition) is 0.